The van der Waals surface area contributed by atoms with Gasteiger partial charge in [0.2, 0.25) is 5.76 Å². The van der Waals surface area contributed by atoms with Crippen molar-refractivity contribution in [1.82, 2.24) is 0 Å². The molecule has 158 valence electrons. The maximum atomic E-state index is 12.5. The number of carboxylic acids is 1. The molecule has 0 saturated heterocycles. The summed E-state index contributed by atoms with van der Waals surface area (Å²) in [5.41, 5.74) is 2.13. The second-order valence-electron chi connectivity index (χ2n) is 7.78. The SMILES string of the molecule is CC(C)(C)[S+]([O-])C(=N)c1cc2cc(COc3ccccc3CC(=O)O)cc(I)c2o1. The summed E-state index contributed by atoms with van der Waals surface area (Å²) in [6, 6.07) is 12.6. The highest BCUT2D eigenvalue weighted by atomic mass is 127. The molecule has 1 aromatic heterocycles. The van der Waals surface area contributed by atoms with Gasteiger partial charge in [-0.05, 0) is 73.2 Å². The molecule has 30 heavy (non-hydrogen) atoms. The highest BCUT2D eigenvalue weighted by Gasteiger charge is 2.33. The lowest BCUT2D eigenvalue weighted by molar-refractivity contribution is -0.136. The van der Waals surface area contributed by atoms with Crippen molar-refractivity contribution in [2.45, 2.75) is 38.5 Å². The molecular formula is C22H22INO5S. The molecule has 2 N–H and O–H groups in total. The van der Waals surface area contributed by atoms with Crippen molar-refractivity contribution in [3.8, 4) is 5.75 Å². The number of para-hydroxylation sites is 1. The van der Waals surface area contributed by atoms with Gasteiger partial charge < -0.3 is 18.8 Å². The lowest BCUT2D eigenvalue weighted by Crippen LogP contribution is -2.34. The molecule has 0 radical (unpaired) electrons. The van der Waals surface area contributed by atoms with Crippen LogP contribution >= 0.6 is 22.6 Å². The number of benzene rings is 2. The van der Waals surface area contributed by atoms with E-state index in [4.69, 9.17) is 19.7 Å². The molecule has 1 atom stereocenters. The van der Waals surface area contributed by atoms with E-state index in [9.17, 15) is 9.35 Å². The van der Waals surface area contributed by atoms with Crippen LogP contribution in [0.25, 0.3) is 11.0 Å². The second-order valence-corrected chi connectivity index (χ2v) is 11.1. The van der Waals surface area contributed by atoms with Gasteiger partial charge in [-0.25, -0.2) is 0 Å². The fraction of sp³-hybridized carbons (Fsp3) is 0.273. The molecule has 0 fully saturated rings. The van der Waals surface area contributed by atoms with Crippen LogP contribution in [0.5, 0.6) is 5.75 Å². The molecular weight excluding hydrogens is 517 g/mol. The van der Waals surface area contributed by atoms with E-state index in [0.29, 0.717) is 22.7 Å². The van der Waals surface area contributed by atoms with Crippen LogP contribution in [0.3, 0.4) is 0 Å². The number of hydrogen-bond acceptors (Lipinski definition) is 5. The van der Waals surface area contributed by atoms with Crippen LogP contribution in [-0.2, 0) is 29.0 Å². The van der Waals surface area contributed by atoms with Gasteiger partial charge in [-0.1, -0.05) is 18.2 Å². The van der Waals surface area contributed by atoms with E-state index in [1.807, 2.05) is 32.9 Å². The standard InChI is InChI=1S/C22H22INO5S/c1-22(2,3)30(27)21(24)18-10-15-8-13(9-16(23)20(15)29-18)12-28-17-7-5-4-6-14(17)11-19(25)26/h4-10,24H,11-12H2,1-3H3,(H,25,26). The minimum atomic E-state index is -1.49. The zero-order valence-electron chi connectivity index (χ0n) is 16.8. The van der Waals surface area contributed by atoms with Crippen molar-refractivity contribution in [3.05, 3.63) is 62.9 Å². The Kier molecular flexibility index (Phi) is 6.78. The van der Waals surface area contributed by atoms with Crippen LogP contribution in [0.2, 0.25) is 0 Å². The number of fused-ring (bicyclic) bond motifs is 1. The summed E-state index contributed by atoms with van der Waals surface area (Å²) in [6.07, 6.45) is -0.106. The normalized spacial score (nSPS) is 12.7. The van der Waals surface area contributed by atoms with Crippen molar-refractivity contribution in [2.75, 3.05) is 0 Å². The molecule has 0 aliphatic carbocycles. The molecule has 0 aliphatic heterocycles. The summed E-state index contributed by atoms with van der Waals surface area (Å²) in [7, 11) is 0. The van der Waals surface area contributed by atoms with E-state index >= 15 is 0 Å². The number of halogens is 1. The van der Waals surface area contributed by atoms with Crippen LogP contribution in [0.15, 0.2) is 46.9 Å². The fourth-order valence-electron chi connectivity index (χ4n) is 2.88. The van der Waals surface area contributed by atoms with Crippen molar-refractivity contribution in [2.24, 2.45) is 0 Å². The highest BCUT2D eigenvalue weighted by molar-refractivity contribution is 14.1. The van der Waals surface area contributed by atoms with E-state index in [1.54, 1.807) is 30.3 Å². The van der Waals surface area contributed by atoms with E-state index in [-0.39, 0.29) is 18.1 Å². The van der Waals surface area contributed by atoms with Gasteiger partial charge in [-0.3, -0.25) is 10.2 Å². The van der Waals surface area contributed by atoms with Gasteiger partial charge in [0, 0.05) is 22.1 Å². The molecule has 0 amide bonds. The smallest absolute Gasteiger partial charge is 0.307 e. The van der Waals surface area contributed by atoms with Gasteiger partial charge in [0.1, 0.15) is 22.7 Å². The summed E-state index contributed by atoms with van der Waals surface area (Å²) in [5.74, 6) is -0.0886. The first kappa shape index (κ1) is 22.6. The summed E-state index contributed by atoms with van der Waals surface area (Å²) < 4.78 is 24.5. The average Bonchev–Trinajstić information content (AvgIpc) is 3.10. The number of hydrogen-bond donors (Lipinski definition) is 2. The van der Waals surface area contributed by atoms with E-state index in [0.717, 1.165) is 14.5 Å². The third-order valence-electron chi connectivity index (χ3n) is 4.30. The van der Waals surface area contributed by atoms with Gasteiger partial charge in [-0.2, -0.15) is 0 Å². The maximum absolute atomic E-state index is 12.5. The van der Waals surface area contributed by atoms with Gasteiger partial charge in [0.05, 0.1) is 9.99 Å². The van der Waals surface area contributed by atoms with Crippen molar-refractivity contribution in [3.63, 3.8) is 0 Å². The Morgan fingerprint density at radius 1 is 1.27 bits per heavy atom. The Labute approximate surface area is 191 Å². The largest absolute Gasteiger partial charge is 0.610 e. The van der Waals surface area contributed by atoms with E-state index in [1.165, 1.54) is 0 Å². The molecule has 3 aromatic rings. The Morgan fingerprint density at radius 2 is 1.97 bits per heavy atom. The molecule has 3 rings (SSSR count). The fourth-order valence-corrected chi connectivity index (χ4v) is 4.59. The summed E-state index contributed by atoms with van der Waals surface area (Å²) in [6.45, 7) is 5.72. The van der Waals surface area contributed by atoms with Crippen LogP contribution in [0.4, 0.5) is 0 Å². The zero-order valence-corrected chi connectivity index (χ0v) is 19.8. The molecule has 8 heteroatoms. The highest BCUT2D eigenvalue weighted by Crippen LogP contribution is 2.30. The summed E-state index contributed by atoms with van der Waals surface area (Å²) in [4.78, 5) is 11.0. The lowest BCUT2D eigenvalue weighted by Gasteiger charge is -2.22. The summed E-state index contributed by atoms with van der Waals surface area (Å²) >= 11 is 0.665. The van der Waals surface area contributed by atoms with Crippen molar-refractivity contribution in [1.29, 1.82) is 5.41 Å². The van der Waals surface area contributed by atoms with Crippen molar-refractivity contribution >= 4 is 55.7 Å². The number of furan rings is 1. The predicted octanol–water partition coefficient (Wildman–Crippen LogP) is 5.12. The van der Waals surface area contributed by atoms with Crippen LogP contribution < -0.4 is 4.74 Å². The van der Waals surface area contributed by atoms with E-state index < -0.39 is 21.9 Å². The molecule has 0 bridgehead atoms. The molecule has 0 spiro atoms. The Hall–Kier alpha value is -2.04. The first-order valence-corrected chi connectivity index (χ1v) is 11.4. The average molecular weight is 539 g/mol. The quantitative estimate of drug-likeness (QED) is 0.196. The number of nitrogens with one attached hydrogen (secondary N) is 1. The second kappa shape index (κ2) is 8.99. The Morgan fingerprint density at radius 3 is 2.63 bits per heavy atom. The number of carboxylic acid groups (broad SMARTS) is 1. The van der Waals surface area contributed by atoms with Crippen LogP contribution in [-0.4, -0.2) is 25.4 Å². The van der Waals surface area contributed by atoms with Crippen LogP contribution in [0.1, 0.15) is 37.7 Å². The maximum Gasteiger partial charge on any atom is 0.307 e. The first-order chi connectivity index (χ1) is 14.1. The number of aliphatic carboxylic acids is 1. The zero-order chi connectivity index (χ0) is 22.1. The van der Waals surface area contributed by atoms with Gasteiger partial charge in [0.15, 0.2) is 0 Å². The van der Waals surface area contributed by atoms with E-state index in [2.05, 4.69) is 22.6 Å². The monoisotopic (exact) mass is 539 g/mol. The molecule has 6 nitrogen and oxygen atoms in total. The van der Waals surface area contributed by atoms with Gasteiger partial charge >= 0.3 is 5.97 Å². The van der Waals surface area contributed by atoms with Gasteiger partial charge in [0.25, 0.3) is 5.04 Å². The molecule has 2 aromatic carbocycles. The Balaban J connectivity index is 1.84. The lowest BCUT2D eigenvalue weighted by atomic mass is 10.1. The third-order valence-corrected chi connectivity index (χ3v) is 6.79. The minimum absolute atomic E-state index is 0.0325. The minimum Gasteiger partial charge on any atom is -0.610 e. The van der Waals surface area contributed by atoms with Gasteiger partial charge in [-0.15, -0.1) is 0 Å². The number of ether oxygens (including phenoxy) is 1. The van der Waals surface area contributed by atoms with Crippen LogP contribution in [0, 0.1) is 8.98 Å². The third kappa shape index (κ3) is 5.16. The molecule has 0 saturated carbocycles. The van der Waals surface area contributed by atoms with Crippen molar-refractivity contribution < 1.29 is 23.6 Å². The number of rotatable bonds is 6. The molecule has 1 heterocycles. The topological polar surface area (TPSA) is 107 Å². The molecule has 1 unspecified atom stereocenters. The Bertz CT molecular complexity index is 1100. The first-order valence-electron chi connectivity index (χ1n) is 9.21. The summed E-state index contributed by atoms with van der Waals surface area (Å²) in [5, 5.41) is 18.1. The predicted molar refractivity (Wildman–Crippen MR) is 126 cm³/mol. The molecule has 0 aliphatic rings. The number of carbonyl (C=O) groups is 1.